The van der Waals surface area contributed by atoms with Crippen LogP contribution in [0.2, 0.25) is 0 Å². The van der Waals surface area contributed by atoms with Gasteiger partial charge in [-0.2, -0.15) is 0 Å². The molecule has 0 amide bonds. The zero-order valence-electron chi connectivity index (χ0n) is 10.7. The van der Waals surface area contributed by atoms with Gasteiger partial charge in [-0.05, 0) is 42.0 Å². The summed E-state index contributed by atoms with van der Waals surface area (Å²) in [6.07, 6.45) is 2.30. The van der Waals surface area contributed by atoms with Crippen molar-refractivity contribution in [1.29, 1.82) is 0 Å². The van der Waals surface area contributed by atoms with E-state index in [-0.39, 0.29) is 17.8 Å². The number of carbonyl (C=O) groups is 1. The van der Waals surface area contributed by atoms with E-state index in [1.165, 1.54) is 11.1 Å². The molecule has 0 radical (unpaired) electrons. The molecule has 0 aromatic heterocycles. The largest absolute Gasteiger partial charge is 0.454 e. The number of ether oxygens (including phenoxy) is 2. The summed E-state index contributed by atoms with van der Waals surface area (Å²) in [6, 6.07) is 4.05. The Labute approximate surface area is 113 Å². The van der Waals surface area contributed by atoms with Crippen LogP contribution in [0.15, 0.2) is 12.1 Å². The van der Waals surface area contributed by atoms with Crippen molar-refractivity contribution < 1.29 is 14.3 Å². The summed E-state index contributed by atoms with van der Waals surface area (Å²) in [5, 5.41) is -0.0680. The van der Waals surface area contributed by atoms with E-state index in [1.54, 1.807) is 0 Å². The summed E-state index contributed by atoms with van der Waals surface area (Å²) >= 11 is 3.89. The highest BCUT2D eigenvalue weighted by Crippen LogP contribution is 2.39. The summed E-state index contributed by atoms with van der Waals surface area (Å²) in [6.45, 7) is 4.48. The van der Waals surface area contributed by atoms with Crippen LogP contribution in [0.5, 0.6) is 11.5 Å². The van der Waals surface area contributed by atoms with E-state index in [2.05, 4.69) is 26.5 Å². The Hall–Kier alpha value is -1.16. The van der Waals surface area contributed by atoms with Crippen LogP contribution in [0, 0.1) is 0 Å². The molecule has 2 rings (SSSR count). The standard InChI is InChI=1S/C14H18O3S/c1-3-9-5-12-13(17-8-16-12)7-11(9)10(4-2)6-14(15)18/h5,7,10H,3-4,6,8H2,1-2H3,(H,15,18). The average molecular weight is 266 g/mol. The molecule has 0 N–H and O–H groups in total. The summed E-state index contributed by atoms with van der Waals surface area (Å²) in [5.41, 5.74) is 2.41. The van der Waals surface area contributed by atoms with Crippen molar-refractivity contribution in [2.45, 2.75) is 39.0 Å². The van der Waals surface area contributed by atoms with Gasteiger partial charge in [0.15, 0.2) is 16.6 Å². The Morgan fingerprint density at radius 1 is 1.33 bits per heavy atom. The highest BCUT2D eigenvalue weighted by Gasteiger charge is 2.21. The van der Waals surface area contributed by atoms with Crippen molar-refractivity contribution in [3.8, 4) is 11.5 Å². The second-order valence-corrected chi connectivity index (χ2v) is 4.96. The normalized spacial score (nSPS) is 14.6. The van der Waals surface area contributed by atoms with Crippen molar-refractivity contribution in [2.75, 3.05) is 6.79 Å². The van der Waals surface area contributed by atoms with E-state index in [4.69, 9.17) is 9.47 Å². The number of hydrogen-bond acceptors (Lipinski definition) is 3. The van der Waals surface area contributed by atoms with Gasteiger partial charge in [-0.15, -0.1) is 12.6 Å². The van der Waals surface area contributed by atoms with Gasteiger partial charge in [0.2, 0.25) is 6.79 Å². The Morgan fingerprint density at radius 2 is 2.00 bits per heavy atom. The minimum absolute atomic E-state index is 0.0680. The zero-order chi connectivity index (χ0) is 13.1. The smallest absolute Gasteiger partial charge is 0.231 e. The molecule has 4 heteroatoms. The van der Waals surface area contributed by atoms with Gasteiger partial charge < -0.3 is 9.47 Å². The van der Waals surface area contributed by atoms with Gasteiger partial charge in [0.05, 0.1) is 0 Å². The topological polar surface area (TPSA) is 35.5 Å². The molecule has 3 nitrogen and oxygen atoms in total. The molecular weight excluding hydrogens is 248 g/mol. The number of benzene rings is 1. The molecule has 0 aliphatic carbocycles. The summed E-state index contributed by atoms with van der Waals surface area (Å²) in [5.74, 6) is 1.80. The first-order valence-electron chi connectivity index (χ1n) is 6.29. The number of aryl methyl sites for hydroxylation is 1. The molecular formula is C14H18O3S. The molecule has 1 heterocycles. The van der Waals surface area contributed by atoms with Crippen LogP contribution in [0.1, 0.15) is 43.7 Å². The minimum Gasteiger partial charge on any atom is -0.454 e. The zero-order valence-corrected chi connectivity index (χ0v) is 11.6. The lowest BCUT2D eigenvalue weighted by atomic mass is 9.88. The van der Waals surface area contributed by atoms with Crippen molar-refractivity contribution in [3.05, 3.63) is 23.3 Å². The van der Waals surface area contributed by atoms with E-state index in [9.17, 15) is 4.79 Å². The first-order valence-corrected chi connectivity index (χ1v) is 6.74. The van der Waals surface area contributed by atoms with E-state index >= 15 is 0 Å². The van der Waals surface area contributed by atoms with Gasteiger partial charge in [-0.25, -0.2) is 0 Å². The van der Waals surface area contributed by atoms with Crippen molar-refractivity contribution in [1.82, 2.24) is 0 Å². The molecule has 0 saturated carbocycles. The summed E-state index contributed by atoms with van der Waals surface area (Å²) < 4.78 is 10.8. The van der Waals surface area contributed by atoms with Crippen LogP contribution < -0.4 is 9.47 Å². The molecule has 1 unspecified atom stereocenters. The lowest BCUT2D eigenvalue weighted by Gasteiger charge is -2.18. The predicted molar refractivity (Wildman–Crippen MR) is 73.6 cm³/mol. The highest BCUT2D eigenvalue weighted by molar-refractivity contribution is 7.96. The molecule has 98 valence electrons. The molecule has 0 bridgehead atoms. The van der Waals surface area contributed by atoms with Gasteiger partial charge in [-0.3, -0.25) is 4.79 Å². The van der Waals surface area contributed by atoms with E-state index in [0.717, 1.165) is 24.3 Å². The van der Waals surface area contributed by atoms with Gasteiger partial charge in [0, 0.05) is 6.42 Å². The van der Waals surface area contributed by atoms with E-state index in [0.29, 0.717) is 6.42 Å². The summed E-state index contributed by atoms with van der Waals surface area (Å²) in [7, 11) is 0. The fraction of sp³-hybridized carbons (Fsp3) is 0.500. The number of thiol groups is 1. The maximum Gasteiger partial charge on any atom is 0.231 e. The number of carbonyl (C=O) groups excluding carboxylic acids is 1. The van der Waals surface area contributed by atoms with Gasteiger partial charge in [-0.1, -0.05) is 13.8 Å². The third-order valence-electron chi connectivity index (χ3n) is 3.37. The van der Waals surface area contributed by atoms with Crippen LogP contribution in [-0.2, 0) is 11.2 Å². The first kappa shape index (κ1) is 13.3. The van der Waals surface area contributed by atoms with Gasteiger partial charge >= 0.3 is 0 Å². The predicted octanol–water partition coefficient (Wildman–Crippen LogP) is 3.32. The van der Waals surface area contributed by atoms with Gasteiger partial charge in [0.1, 0.15) is 0 Å². The fourth-order valence-corrected chi connectivity index (χ4v) is 2.59. The fourth-order valence-electron chi connectivity index (χ4n) is 2.37. The lowest BCUT2D eigenvalue weighted by Crippen LogP contribution is -2.05. The monoisotopic (exact) mass is 266 g/mol. The van der Waals surface area contributed by atoms with Crippen LogP contribution in [0.3, 0.4) is 0 Å². The Kier molecular flexibility index (Phi) is 4.17. The van der Waals surface area contributed by atoms with Crippen LogP contribution in [0.25, 0.3) is 0 Å². The van der Waals surface area contributed by atoms with Crippen LogP contribution >= 0.6 is 12.6 Å². The van der Waals surface area contributed by atoms with Crippen molar-refractivity contribution in [3.63, 3.8) is 0 Å². The third kappa shape index (κ3) is 2.64. The molecule has 1 aromatic carbocycles. The SMILES string of the molecule is CCc1cc2c(cc1C(CC)CC(=O)S)OCO2. The molecule has 0 fully saturated rings. The second-order valence-electron chi connectivity index (χ2n) is 4.46. The molecule has 0 saturated heterocycles. The first-order chi connectivity index (χ1) is 8.65. The molecule has 1 aliphatic heterocycles. The molecule has 1 aromatic rings. The maximum atomic E-state index is 11.2. The van der Waals surface area contributed by atoms with Gasteiger partial charge in [0.25, 0.3) is 0 Å². The Morgan fingerprint density at radius 3 is 2.56 bits per heavy atom. The molecule has 18 heavy (non-hydrogen) atoms. The Balaban J connectivity index is 2.38. The maximum absolute atomic E-state index is 11.2. The third-order valence-corrected chi connectivity index (χ3v) is 3.55. The lowest BCUT2D eigenvalue weighted by molar-refractivity contribution is -0.111. The molecule has 1 aliphatic rings. The number of rotatable bonds is 5. The van der Waals surface area contributed by atoms with Crippen LogP contribution in [0.4, 0.5) is 0 Å². The van der Waals surface area contributed by atoms with E-state index < -0.39 is 0 Å². The average Bonchev–Trinajstić information content (AvgIpc) is 2.81. The van der Waals surface area contributed by atoms with E-state index in [1.807, 2.05) is 12.1 Å². The van der Waals surface area contributed by atoms with Crippen molar-refractivity contribution in [2.24, 2.45) is 0 Å². The quantitative estimate of drug-likeness (QED) is 0.830. The second kappa shape index (κ2) is 5.65. The molecule has 0 spiro atoms. The molecule has 1 atom stereocenters. The highest BCUT2D eigenvalue weighted by atomic mass is 32.1. The minimum atomic E-state index is -0.0680. The number of fused-ring (bicyclic) bond motifs is 1. The number of hydrogen-bond donors (Lipinski definition) is 1. The van der Waals surface area contributed by atoms with Crippen LogP contribution in [-0.4, -0.2) is 11.9 Å². The Bertz CT molecular complexity index is 457. The summed E-state index contributed by atoms with van der Waals surface area (Å²) in [4.78, 5) is 11.2. The van der Waals surface area contributed by atoms with Crippen molar-refractivity contribution >= 4 is 17.7 Å².